The molecule has 0 aliphatic rings. The lowest BCUT2D eigenvalue weighted by atomic mass is 9.85. The van der Waals surface area contributed by atoms with E-state index in [0.29, 0.717) is 0 Å². The van der Waals surface area contributed by atoms with E-state index < -0.39 is 0 Å². The summed E-state index contributed by atoms with van der Waals surface area (Å²) in [6, 6.07) is 19.7. The van der Waals surface area contributed by atoms with E-state index in [4.69, 9.17) is 0 Å². The minimum Gasteiger partial charge on any atom is -0.0991 e. The van der Waals surface area contributed by atoms with E-state index in [2.05, 4.69) is 133 Å². The molecule has 0 aliphatic heterocycles. The van der Waals surface area contributed by atoms with Crippen molar-refractivity contribution in [1.29, 1.82) is 0 Å². The lowest BCUT2D eigenvalue weighted by Crippen LogP contribution is -1.95. The highest BCUT2D eigenvalue weighted by Crippen LogP contribution is 2.41. The van der Waals surface area contributed by atoms with Crippen molar-refractivity contribution in [3.63, 3.8) is 0 Å². The van der Waals surface area contributed by atoms with Gasteiger partial charge in [-0.25, -0.2) is 0 Å². The second kappa shape index (κ2) is 12.9. The fourth-order valence-electron chi connectivity index (χ4n) is 5.38. The molecule has 0 spiro atoms. The van der Waals surface area contributed by atoms with E-state index in [1.165, 1.54) is 21.7 Å². The molecule has 0 fully saturated rings. The first-order valence-electron chi connectivity index (χ1n) is 13.9. The number of benzene rings is 4. The van der Waals surface area contributed by atoms with Crippen molar-refractivity contribution in [3.8, 4) is 11.1 Å². The molecule has 0 saturated carbocycles. The maximum atomic E-state index is 4.28. The second-order valence-corrected chi connectivity index (χ2v) is 10.1. The molecule has 0 aromatic heterocycles. The van der Waals surface area contributed by atoms with Crippen LogP contribution in [0.2, 0.25) is 0 Å². The molecule has 202 valence electrons. The molecule has 0 nitrogen and oxygen atoms in total. The van der Waals surface area contributed by atoms with Gasteiger partial charge in [-0.2, -0.15) is 0 Å². The van der Waals surface area contributed by atoms with Gasteiger partial charge in [-0.1, -0.05) is 130 Å². The van der Waals surface area contributed by atoms with Crippen LogP contribution >= 0.6 is 0 Å². The average molecular weight is 531 g/mol. The van der Waals surface area contributed by atoms with Gasteiger partial charge in [0.15, 0.2) is 0 Å². The molecule has 0 radical (unpaired) electrons. The minimum atomic E-state index is 1.06. The summed E-state index contributed by atoms with van der Waals surface area (Å²) in [7, 11) is 0. The molecule has 0 aliphatic carbocycles. The van der Waals surface area contributed by atoms with Crippen LogP contribution in [0.15, 0.2) is 135 Å². The molecule has 0 N–H and O–H groups in total. The molecule has 0 heterocycles. The summed E-state index contributed by atoms with van der Waals surface area (Å²) >= 11 is 0. The van der Waals surface area contributed by atoms with Crippen LogP contribution in [0.4, 0.5) is 0 Å². The van der Waals surface area contributed by atoms with Crippen molar-refractivity contribution in [1.82, 2.24) is 0 Å². The summed E-state index contributed by atoms with van der Waals surface area (Å²) in [6.45, 7) is 26.6. The predicted molar refractivity (Wildman–Crippen MR) is 188 cm³/mol. The van der Waals surface area contributed by atoms with E-state index in [1.807, 2.05) is 30.4 Å². The topological polar surface area (TPSA) is 0 Å². The summed E-state index contributed by atoms with van der Waals surface area (Å²) in [5.74, 6) is 0. The quantitative estimate of drug-likeness (QED) is 0.141. The molecule has 4 aromatic rings. The Hall–Kier alpha value is -4.94. The molecule has 0 bridgehead atoms. The molecule has 0 heteroatoms. The zero-order valence-corrected chi connectivity index (χ0v) is 24.5. The zero-order chi connectivity index (χ0) is 29.5. The summed E-state index contributed by atoms with van der Waals surface area (Å²) in [6.07, 6.45) is 20.0. The first-order chi connectivity index (χ1) is 19.9. The lowest BCUT2D eigenvalue weighted by molar-refractivity contribution is 1.34. The third kappa shape index (κ3) is 5.69. The van der Waals surface area contributed by atoms with Crippen molar-refractivity contribution < 1.29 is 0 Å². The first kappa shape index (κ1) is 29.1. The third-order valence-corrected chi connectivity index (χ3v) is 7.45. The van der Waals surface area contributed by atoms with Crippen molar-refractivity contribution in [2.24, 2.45) is 0 Å². The van der Waals surface area contributed by atoms with Gasteiger partial charge in [0.05, 0.1) is 0 Å². The molecule has 4 rings (SSSR count). The maximum Gasteiger partial charge on any atom is -0.00923 e. The van der Waals surface area contributed by atoms with Gasteiger partial charge in [-0.3, -0.25) is 0 Å². The molecule has 0 saturated heterocycles. The Kier molecular flexibility index (Phi) is 9.17. The van der Waals surface area contributed by atoms with Crippen molar-refractivity contribution in [3.05, 3.63) is 163 Å². The van der Waals surface area contributed by atoms with E-state index in [0.717, 1.165) is 55.5 Å². The van der Waals surface area contributed by atoms with Gasteiger partial charge in [0.2, 0.25) is 0 Å². The summed E-state index contributed by atoms with van der Waals surface area (Å²) in [5.41, 5.74) is 11.2. The van der Waals surface area contributed by atoms with Gasteiger partial charge in [-0.15, -0.1) is 0 Å². The monoisotopic (exact) mass is 530 g/mol. The number of hydrogen-bond donors (Lipinski definition) is 0. The van der Waals surface area contributed by atoms with Crippen LogP contribution in [0.5, 0.6) is 0 Å². The van der Waals surface area contributed by atoms with Gasteiger partial charge in [0.25, 0.3) is 0 Å². The normalized spacial score (nSPS) is 11.7. The third-order valence-electron chi connectivity index (χ3n) is 7.45. The summed E-state index contributed by atoms with van der Waals surface area (Å²) < 4.78 is 0. The number of allylic oxidation sites excluding steroid dienone is 9. The molecule has 0 unspecified atom stereocenters. The second-order valence-electron chi connectivity index (χ2n) is 10.1. The van der Waals surface area contributed by atoms with Crippen LogP contribution in [0.3, 0.4) is 0 Å². The lowest BCUT2D eigenvalue weighted by Gasteiger charge is -2.19. The Labute approximate surface area is 245 Å². The largest absolute Gasteiger partial charge is 0.0991 e. The molecule has 0 atom stereocenters. The Morgan fingerprint density at radius 2 is 1.44 bits per heavy atom. The highest BCUT2D eigenvalue weighted by atomic mass is 14.2. The van der Waals surface area contributed by atoms with Crippen LogP contribution in [-0.2, 0) is 0 Å². The van der Waals surface area contributed by atoms with E-state index in [1.54, 1.807) is 6.08 Å². The van der Waals surface area contributed by atoms with Gasteiger partial charge < -0.3 is 0 Å². The fraction of sp³-hybridized carbons (Fsp3) is 0.0732. The molecule has 0 amide bonds. The van der Waals surface area contributed by atoms with Crippen LogP contribution in [0.1, 0.15) is 48.6 Å². The van der Waals surface area contributed by atoms with Gasteiger partial charge in [0, 0.05) is 0 Å². The van der Waals surface area contributed by atoms with Crippen LogP contribution in [0.25, 0.3) is 62.5 Å². The van der Waals surface area contributed by atoms with E-state index in [-0.39, 0.29) is 0 Å². The Balaban J connectivity index is 2.16. The first-order valence-corrected chi connectivity index (χ1v) is 13.9. The fourth-order valence-corrected chi connectivity index (χ4v) is 5.38. The maximum absolute atomic E-state index is 4.28. The average Bonchev–Trinajstić information content (AvgIpc) is 3.00. The van der Waals surface area contributed by atoms with Crippen LogP contribution in [0, 0.1) is 0 Å². The predicted octanol–water partition coefficient (Wildman–Crippen LogP) is 12.3. The summed E-state index contributed by atoms with van der Waals surface area (Å²) in [4.78, 5) is 0. The minimum absolute atomic E-state index is 1.06. The van der Waals surface area contributed by atoms with Gasteiger partial charge >= 0.3 is 0 Å². The number of fused-ring (bicyclic) bond motifs is 3. The summed E-state index contributed by atoms with van der Waals surface area (Å²) in [5, 5.41) is 4.72. The van der Waals surface area contributed by atoms with Crippen LogP contribution in [-0.4, -0.2) is 0 Å². The number of hydrogen-bond acceptors (Lipinski definition) is 0. The molecule has 4 aromatic carbocycles. The molecular weight excluding hydrogens is 492 g/mol. The van der Waals surface area contributed by atoms with Gasteiger partial charge in [-0.05, 0) is 117 Å². The van der Waals surface area contributed by atoms with E-state index in [9.17, 15) is 0 Å². The van der Waals surface area contributed by atoms with Gasteiger partial charge in [0.1, 0.15) is 0 Å². The van der Waals surface area contributed by atoms with Crippen LogP contribution < -0.4 is 0 Å². The zero-order valence-electron chi connectivity index (χ0n) is 24.5. The Bertz CT molecular complexity index is 1820. The molecule has 41 heavy (non-hydrogen) atoms. The standard InChI is InChI=1S/C41H38/c1-9-15-19-32(28(7)8)25-31(13-5)38-26-40-34(14-6)35(18-10-2)39(27-41(40)37-21-17-16-20-36(37)38)33-23-22-29(11-3)30(12-4)24-33/h9-27H,1,3-6H2,2,7-8H3/b18-10-,19-15-,31-25+. The van der Waals surface area contributed by atoms with Crippen molar-refractivity contribution in [2.75, 3.05) is 0 Å². The smallest absolute Gasteiger partial charge is 0.00923 e. The number of rotatable bonds is 10. The highest BCUT2D eigenvalue weighted by molar-refractivity contribution is 6.16. The SMILES string of the molecule is C=C/C=C\C(/C=C(\C=C)c1cc2c(C=C)c(/C=C\C)c(-c3ccc(C=C)c(C=C)c3)cc2c2ccccc12)=C(C)C. The van der Waals surface area contributed by atoms with E-state index >= 15 is 0 Å². The molecular formula is C41H38. The Morgan fingerprint density at radius 3 is 2.05 bits per heavy atom. The highest BCUT2D eigenvalue weighted by Gasteiger charge is 2.17. The van der Waals surface area contributed by atoms with Crippen molar-refractivity contribution >= 4 is 51.4 Å². The van der Waals surface area contributed by atoms with Crippen molar-refractivity contribution in [2.45, 2.75) is 20.8 Å². The Morgan fingerprint density at radius 1 is 0.707 bits per heavy atom.